The van der Waals surface area contributed by atoms with Crippen molar-refractivity contribution >= 4 is 5.97 Å². The molecule has 0 radical (unpaired) electrons. The number of carbonyl (C=O) groups excluding carboxylic acids is 1. The molecule has 0 saturated carbocycles. The first-order valence-electron chi connectivity index (χ1n) is 4.55. The van der Waals surface area contributed by atoms with E-state index in [2.05, 4.69) is 10.0 Å². The molecule has 1 aromatic rings. The summed E-state index contributed by atoms with van der Waals surface area (Å²) in [5, 5.41) is 3.42. The van der Waals surface area contributed by atoms with E-state index < -0.39 is 0 Å². The average Bonchev–Trinajstić information content (AvgIpc) is 2.27. The zero-order valence-corrected chi connectivity index (χ0v) is 8.38. The normalized spacial score (nSPS) is 9.13. The number of hydrogen-bond acceptors (Lipinski definition) is 3. The quantitative estimate of drug-likeness (QED) is 0.328. The second-order valence-corrected chi connectivity index (χ2v) is 2.81. The third kappa shape index (κ3) is 3.32. The first kappa shape index (κ1) is 11.1. The van der Waals surface area contributed by atoms with Gasteiger partial charge in [0.25, 0.3) is 0 Å². The van der Waals surface area contributed by atoms with Gasteiger partial charge < -0.3 is 4.74 Å². The number of ether oxygens (including phenoxy) is 1. The highest BCUT2D eigenvalue weighted by Crippen LogP contribution is 2.07. The Morgan fingerprint density at radius 3 is 2.67 bits per heavy atom. The summed E-state index contributed by atoms with van der Waals surface area (Å²) in [5.41, 5.74) is 9.49. The van der Waals surface area contributed by atoms with Crippen LogP contribution in [0.15, 0.2) is 29.4 Å². The van der Waals surface area contributed by atoms with Crippen molar-refractivity contribution < 1.29 is 9.53 Å². The van der Waals surface area contributed by atoms with Crippen molar-refractivity contribution in [3.8, 4) is 0 Å². The summed E-state index contributed by atoms with van der Waals surface area (Å²) in [6.45, 7) is 2.41. The molecular weight excluding hydrogens is 194 g/mol. The lowest BCUT2D eigenvalue weighted by Crippen LogP contribution is -2.04. The minimum Gasteiger partial charge on any atom is -0.462 e. The number of carbonyl (C=O) groups is 1. The van der Waals surface area contributed by atoms with Crippen LogP contribution in [0.3, 0.4) is 0 Å². The first-order chi connectivity index (χ1) is 7.27. The molecule has 0 N–H and O–H groups in total. The fraction of sp³-hybridized carbons (Fsp3) is 0.300. The molecule has 0 unspecified atom stereocenters. The van der Waals surface area contributed by atoms with Gasteiger partial charge in [0.15, 0.2) is 0 Å². The number of hydrogen-bond donors (Lipinski definition) is 0. The average molecular weight is 205 g/mol. The van der Waals surface area contributed by atoms with Gasteiger partial charge in [-0.05, 0) is 30.2 Å². The molecular formula is C10H11N3O2. The Kier molecular flexibility index (Phi) is 4.19. The lowest BCUT2D eigenvalue weighted by molar-refractivity contribution is 0.0526. The van der Waals surface area contributed by atoms with Gasteiger partial charge in [-0.1, -0.05) is 17.2 Å². The first-order valence-corrected chi connectivity index (χ1v) is 4.55. The molecule has 0 amide bonds. The van der Waals surface area contributed by atoms with Gasteiger partial charge in [0.05, 0.1) is 18.7 Å². The van der Waals surface area contributed by atoms with Crippen molar-refractivity contribution in [3.63, 3.8) is 0 Å². The molecule has 0 spiro atoms. The number of nitrogens with zero attached hydrogens (tertiary/aromatic N) is 3. The SMILES string of the molecule is CCOC(=O)c1ccc(CN=[N+]=[N-])cc1. The van der Waals surface area contributed by atoms with Gasteiger partial charge in [0, 0.05) is 4.91 Å². The minimum absolute atomic E-state index is 0.291. The van der Waals surface area contributed by atoms with Crippen molar-refractivity contribution in [2.45, 2.75) is 13.5 Å². The lowest BCUT2D eigenvalue weighted by atomic mass is 10.1. The Morgan fingerprint density at radius 2 is 2.13 bits per heavy atom. The van der Waals surface area contributed by atoms with Crippen LogP contribution in [-0.4, -0.2) is 12.6 Å². The minimum atomic E-state index is -0.340. The van der Waals surface area contributed by atoms with Crippen molar-refractivity contribution in [1.82, 2.24) is 0 Å². The highest BCUT2D eigenvalue weighted by Gasteiger charge is 2.04. The molecule has 0 atom stereocenters. The van der Waals surface area contributed by atoms with E-state index >= 15 is 0 Å². The smallest absolute Gasteiger partial charge is 0.338 e. The van der Waals surface area contributed by atoms with Gasteiger partial charge in [-0.2, -0.15) is 0 Å². The van der Waals surface area contributed by atoms with Gasteiger partial charge in [-0.25, -0.2) is 4.79 Å². The summed E-state index contributed by atoms with van der Waals surface area (Å²) in [7, 11) is 0. The Balaban J connectivity index is 2.71. The predicted molar refractivity (Wildman–Crippen MR) is 55.2 cm³/mol. The van der Waals surface area contributed by atoms with E-state index in [1.165, 1.54) is 0 Å². The van der Waals surface area contributed by atoms with Crippen molar-refractivity contribution in [3.05, 3.63) is 45.8 Å². The molecule has 0 aliphatic heterocycles. The van der Waals surface area contributed by atoms with Crippen LogP contribution in [-0.2, 0) is 11.3 Å². The molecule has 0 fully saturated rings. The van der Waals surface area contributed by atoms with Crippen LogP contribution < -0.4 is 0 Å². The van der Waals surface area contributed by atoms with E-state index in [1.807, 2.05) is 0 Å². The van der Waals surface area contributed by atoms with Crippen LogP contribution in [0.5, 0.6) is 0 Å². The summed E-state index contributed by atoms with van der Waals surface area (Å²) >= 11 is 0. The Morgan fingerprint density at radius 1 is 1.47 bits per heavy atom. The van der Waals surface area contributed by atoms with Crippen LogP contribution in [0.4, 0.5) is 0 Å². The maximum atomic E-state index is 11.3. The van der Waals surface area contributed by atoms with Gasteiger partial charge in [-0.3, -0.25) is 0 Å². The topological polar surface area (TPSA) is 75.1 Å². The van der Waals surface area contributed by atoms with Crippen molar-refractivity contribution in [2.24, 2.45) is 5.11 Å². The largest absolute Gasteiger partial charge is 0.462 e. The number of esters is 1. The highest BCUT2D eigenvalue weighted by atomic mass is 16.5. The third-order valence-corrected chi connectivity index (χ3v) is 1.78. The number of benzene rings is 1. The van der Waals surface area contributed by atoms with E-state index in [4.69, 9.17) is 10.3 Å². The zero-order chi connectivity index (χ0) is 11.1. The predicted octanol–water partition coefficient (Wildman–Crippen LogP) is 2.67. The summed E-state index contributed by atoms with van der Waals surface area (Å²) in [5.74, 6) is -0.340. The maximum Gasteiger partial charge on any atom is 0.338 e. The van der Waals surface area contributed by atoms with Crippen LogP contribution >= 0.6 is 0 Å². The second kappa shape index (κ2) is 5.67. The standard InChI is InChI=1S/C10H11N3O2/c1-2-15-10(14)9-5-3-8(4-6-9)7-12-13-11/h3-6H,2,7H2,1H3. The molecule has 78 valence electrons. The molecule has 0 saturated heterocycles. The van der Waals surface area contributed by atoms with Crippen LogP contribution in [0.2, 0.25) is 0 Å². The molecule has 0 bridgehead atoms. The number of rotatable bonds is 4. The highest BCUT2D eigenvalue weighted by molar-refractivity contribution is 5.89. The number of azide groups is 1. The Labute approximate surface area is 87.3 Å². The molecule has 15 heavy (non-hydrogen) atoms. The molecule has 1 aromatic carbocycles. The van der Waals surface area contributed by atoms with Crippen molar-refractivity contribution in [1.29, 1.82) is 0 Å². The summed E-state index contributed by atoms with van der Waals surface area (Å²) in [6.07, 6.45) is 0. The van der Waals surface area contributed by atoms with Gasteiger partial charge in [0.1, 0.15) is 0 Å². The molecule has 0 aliphatic rings. The fourth-order valence-corrected chi connectivity index (χ4v) is 1.07. The molecule has 0 aliphatic carbocycles. The summed E-state index contributed by atoms with van der Waals surface area (Å²) in [4.78, 5) is 13.9. The van der Waals surface area contributed by atoms with E-state index in [0.29, 0.717) is 18.7 Å². The van der Waals surface area contributed by atoms with E-state index in [1.54, 1.807) is 31.2 Å². The van der Waals surface area contributed by atoms with Gasteiger partial charge in [0.2, 0.25) is 0 Å². The monoisotopic (exact) mass is 205 g/mol. The molecule has 5 heteroatoms. The zero-order valence-electron chi connectivity index (χ0n) is 8.38. The van der Waals surface area contributed by atoms with E-state index in [9.17, 15) is 4.79 Å². The third-order valence-electron chi connectivity index (χ3n) is 1.78. The van der Waals surface area contributed by atoms with E-state index in [0.717, 1.165) is 5.56 Å². The maximum absolute atomic E-state index is 11.3. The van der Waals surface area contributed by atoms with Crippen LogP contribution in [0.25, 0.3) is 10.4 Å². The van der Waals surface area contributed by atoms with E-state index in [-0.39, 0.29) is 5.97 Å². The van der Waals surface area contributed by atoms with Crippen LogP contribution in [0.1, 0.15) is 22.8 Å². The summed E-state index contributed by atoms with van der Waals surface area (Å²) in [6, 6.07) is 6.78. The summed E-state index contributed by atoms with van der Waals surface area (Å²) < 4.78 is 4.83. The Hall–Kier alpha value is -2.00. The van der Waals surface area contributed by atoms with Gasteiger partial charge in [-0.15, -0.1) is 0 Å². The molecule has 1 rings (SSSR count). The molecule has 0 heterocycles. The molecule has 5 nitrogen and oxygen atoms in total. The fourth-order valence-electron chi connectivity index (χ4n) is 1.07. The van der Waals surface area contributed by atoms with Crippen LogP contribution in [0, 0.1) is 0 Å². The Bertz CT molecular complexity index is 380. The van der Waals surface area contributed by atoms with Gasteiger partial charge >= 0.3 is 5.97 Å². The van der Waals surface area contributed by atoms with Crippen molar-refractivity contribution in [2.75, 3.05) is 6.61 Å². The lowest BCUT2D eigenvalue weighted by Gasteiger charge is -2.01. The molecule has 0 aromatic heterocycles. The second-order valence-electron chi connectivity index (χ2n) is 2.81.